The van der Waals surface area contributed by atoms with E-state index in [9.17, 15) is 4.79 Å². The lowest BCUT2D eigenvalue weighted by molar-refractivity contribution is 0.0486. The maximum absolute atomic E-state index is 12.8. The molecule has 36 heavy (non-hydrogen) atoms. The monoisotopic (exact) mass is 484 g/mol. The minimum Gasteiger partial charge on any atom is -0.478 e. The molecule has 4 aromatic rings. The van der Waals surface area contributed by atoms with E-state index < -0.39 is 0 Å². The van der Waals surface area contributed by atoms with Crippen molar-refractivity contribution in [3.05, 3.63) is 77.0 Å². The van der Waals surface area contributed by atoms with Crippen LogP contribution in [-0.2, 0) is 13.0 Å². The summed E-state index contributed by atoms with van der Waals surface area (Å²) in [5.74, 6) is 1.91. The summed E-state index contributed by atoms with van der Waals surface area (Å²) < 4.78 is 24.8. The number of fused-ring (bicyclic) bond motifs is 4. The Morgan fingerprint density at radius 1 is 1.06 bits per heavy atom. The van der Waals surface area contributed by atoms with Gasteiger partial charge in [-0.05, 0) is 48.7 Å². The molecule has 0 saturated heterocycles. The van der Waals surface area contributed by atoms with Gasteiger partial charge in [0, 0.05) is 36.1 Å². The summed E-state index contributed by atoms with van der Waals surface area (Å²) in [6.07, 6.45) is 3.77. The zero-order valence-corrected chi connectivity index (χ0v) is 19.7. The predicted octanol–water partition coefficient (Wildman–Crippen LogP) is 3.54. The average Bonchev–Trinajstić information content (AvgIpc) is 2.92. The standard InChI is InChI=1S/C27H24N4O5/c1-2-33-25-21(5-3-10-28-25)17-7-8-20-18(13-17)9-12-31-22(20)14-24(30-27(31)32)34-15-19-16-35-26-23(36-19)6-4-11-29-26/h3-8,10-11,13-14,19H,2,9,12,15-16H2,1H3. The van der Waals surface area contributed by atoms with Crippen LogP contribution in [0.2, 0.25) is 0 Å². The van der Waals surface area contributed by atoms with Gasteiger partial charge in [-0.25, -0.2) is 14.8 Å². The summed E-state index contributed by atoms with van der Waals surface area (Å²) in [6, 6.07) is 15.5. The second-order valence-electron chi connectivity index (χ2n) is 8.49. The molecule has 0 saturated carbocycles. The fraction of sp³-hybridized carbons (Fsp3) is 0.259. The molecule has 0 aliphatic carbocycles. The van der Waals surface area contributed by atoms with Crippen LogP contribution in [0.1, 0.15) is 12.5 Å². The summed E-state index contributed by atoms with van der Waals surface area (Å²) in [6.45, 7) is 3.53. The third kappa shape index (κ3) is 4.13. The Kier molecular flexibility index (Phi) is 5.73. The third-order valence-corrected chi connectivity index (χ3v) is 6.19. The molecule has 0 N–H and O–H groups in total. The Morgan fingerprint density at radius 2 is 1.94 bits per heavy atom. The average molecular weight is 485 g/mol. The van der Waals surface area contributed by atoms with E-state index in [0.717, 1.165) is 34.4 Å². The molecule has 0 amide bonds. The minimum absolute atomic E-state index is 0.192. The first-order chi connectivity index (χ1) is 17.7. The topological polar surface area (TPSA) is 97.6 Å². The van der Waals surface area contributed by atoms with Crippen molar-refractivity contribution in [2.45, 2.75) is 26.0 Å². The van der Waals surface area contributed by atoms with Gasteiger partial charge in [0.1, 0.15) is 13.2 Å². The summed E-state index contributed by atoms with van der Waals surface area (Å²) in [5, 5.41) is 0. The molecule has 3 aromatic heterocycles. The third-order valence-electron chi connectivity index (χ3n) is 6.19. The molecule has 2 aliphatic heterocycles. The zero-order chi connectivity index (χ0) is 24.5. The highest BCUT2D eigenvalue weighted by Gasteiger charge is 2.24. The molecule has 1 unspecified atom stereocenters. The van der Waals surface area contributed by atoms with Gasteiger partial charge in [0.25, 0.3) is 5.88 Å². The predicted molar refractivity (Wildman–Crippen MR) is 132 cm³/mol. The highest BCUT2D eigenvalue weighted by atomic mass is 16.6. The fourth-order valence-corrected chi connectivity index (χ4v) is 4.53. The van der Waals surface area contributed by atoms with Crippen molar-refractivity contribution < 1.29 is 18.9 Å². The van der Waals surface area contributed by atoms with Crippen LogP contribution in [0.3, 0.4) is 0 Å². The van der Waals surface area contributed by atoms with Crippen LogP contribution in [-0.4, -0.2) is 45.4 Å². The van der Waals surface area contributed by atoms with Crippen LogP contribution in [0.5, 0.6) is 23.4 Å². The van der Waals surface area contributed by atoms with Gasteiger partial charge in [0.15, 0.2) is 11.9 Å². The molecule has 1 atom stereocenters. The van der Waals surface area contributed by atoms with E-state index in [2.05, 4.69) is 21.0 Å². The number of nitrogens with zero attached hydrogens (tertiary/aromatic N) is 4. The SMILES string of the molecule is CCOc1ncccc1-c1ccc2c(c1)CCn1c-2cc(OCC2COc3ncccc3O2)nc1=O. The number of aryl methyl sites for hydroxylation is 1. The molecule has 0 radical (unpaired) electrons. The molecule has 0 fully saturated rings. The Balaban J connectivity index is 1.26. The number of aromatic nitrogens is 4. The second-order valence-corrected chi connectivity index (χ2v) is 8.49. The zero-order valence-electron chi connectivity index (χ0n) is 19.7. The number of ether oxygens (including phenoxy) is 4. The van der Waals surface area contributed by atoms with Crippen molar-refractivity contribution >= 4 is 0 Å². The summed E-state index contributed by atoms with van der Waals surface area (Å²) in [4.78, 5) is 25.4. The van der Waals surface area contributed by atoms with Crippen molar-refractivity contribution in [2.24, 2.45) is 0 Å². The quantitative estimate of drug-likeness (QED) is 0.410. The Labute approximate surface area is 207 Å². The van der Waals surface area contributed by atoms with E-state index in [4.69, 9.17) is 18.9 Å². The molecule has 9 nitrogen and oxygen atoms in total. The lowest BCUT2D eigenvalue weighted by atomic mass is 9.93. The first-order valence-corrected chi connectivity index (χ1v) is 11.9. The van der Waals surface area contributed by atoms with Crippen LogP contribution in [0, 0.1) is 0 Å². The van der Waals surface area contributed by atoms with E-state index in [0.29, 0.717) is 37.3 Å². The van der Waals surface area contributed by atoms with Gasteiger partial charge in [-0.3, -0.25) is 4.57 Å². The van der Waals surface area contributed by atoms with Crippen molar-refractivity contribution in [3.8, 4) is 45.8 Å². The highest BCUT2D eigenvalue weighted by Crippen LogP contribution is 2.35. The first-order valence-electron chi connectivity index (χ1n) is 11.9. The van der Waals surface area contributed by atoms with E-state index in [-0.39, 0.29) is 24.3 Å². The number of rotatable bonds is 6. The molecule has 5 heterocycles. The van der Waals surface area contributed by atoms with Crippen molar-refractivity contribution in [2.75, 3.05) is 19.8 Å². The van der Waals surface area contributed by atoms with Crippen LogP contribution >= 0.6 is 0 Å². The minimum atomic E-state index is -0.337. The molecule has 1 aromatic carbocycles. The second kappa shape index (κ2) is 9.33. The van der Waals surface area contributed by atoms with E-state index in [1.54, 1.807) is 29.1 Å². The summed E-state index contributed by atoms with van der Waals surface area (Å²) >= 11 is 0. The fourth-order valence-electron chi connectivity index (χ4n) is 4.53. The maximum Gasteiger partial charge on any atom is 0.351 e. The largest absolute Gasteiger partial charge is 0.478 e. The molecule has 6 rings (SSSR count). The molecule has 182 valence electrons. The van der Waals surface area contributed by atoms with Crippen molar-refractivity contribution in [1.29, 1.82) is 0 Å². The lowest BCUT2D eigenvalue weighted by Gasteiger charge is -2.26. The van der Waals surface area contributed by atoms with Gasteiger partial charge < -0.3 is 18.9 Å². The number of hydrogen-bond donors (Lipinski definition) is 0. The van der Waals surface area contributed by atoms with Gasteiger partial charge in [-0.1, -0.05) is 18.2 Å². The smallest absolute Gasteiger partial charge is 0.351 e. The normalized spacial score (nSPS) is 15.5. The van der Waals surface area contributed by atoms with Crippen LogP contribution in [0.25, 0.3) is 22.4 Å². The van der Waals surface area contributed by atoms with E-state index in [1.807, 2.05) is 37.3 Å². The van der Waals surface area contributed by atoms with Crippen molar-refractivity contribution in [3.63, 3.8) is 0 Å². The van der Waals surface area contributed by atoms with Crippen LogP contribution in [0.15, 0.2) is 65.7 Å². The van der Waals surface area contributed by atoms with Crippen LogP contribution in [0.4, 0.5) is 0 Å². The molecular formula is C27H24N4O5. The number of benzene rings is 1. The molecular weight excluding hydrogens is 460 g/mol. The Hall–Kier alpha value is -4.40. The number of pyridine rings is 2. The number of hydrogen-bond acceptors (Lipinski definition) is 8. The van der Waals surface area contributed by atoms with E-state index in [1.165, 1.54) is 0 Å². The first kappa shape index (κ1) is 22.1. The molecule has 2 aliphatic rings. The van der Waals surface area contributed by atoms with Gasteiger partial charge >= 0.3 is 5.69 Å². The maximum atomic E-state index is 12.8. The summed E-state index contributed by atoms with van der Waals surface area (Å²) in [5.41, 5.74) is 4.53. The van der Waals surface area contributed by atoms with Crippen LogP contribution < -0.4 is 24.6 Å². The lowest BCUT2D eigenvalue weighted by Crippen LogP contribution is -2.35. The Bertz CT molecular complexity index is 1490. The molecule has 0 spiro atoms. The van der Waals surface area contributed by atoms with E-state index >= 15 is 0 Å². The Morgan fingerprint density at radius 3 is 2.86 bits per heavy atom. The highest BCUT2D eigenvalue weighted by molar-refractivity contribution is 5.75. The van der Waals surface area contributed by atoms with Gasteiger partial charge in [0.05, 0.1) is 12.3 Å². The van der Waals surface area contributed by atoms with Gasteiger partial charge in [0.2, 0.25) is 11.8 Å². The van der Waals surface area contributed by atoms with Crippen molar-refractivity contribution in [1.82, 2.24) is 19.5 Å². The molecule has 0 bridgehead atoms. The summed E-state index contributed by atoms with van der Waals surface area (Å²) in [7, 11) is 0. The van der Waals surface area contributed by atoms with Gasteiger partial charge in [-0.2, -0.15) is 4.98 Å². The van der Waals surface area contributed by atoms with Gasteiger partial charge in [-0.15, -0.1) is 0 Å². The molecule has 9 heteroatoms.